The molecule has 0 saturated carbocycles. The molecule has 1 fully saturated rings. The molecule has 104 valence electrons. The number of amides is 1. The maximum atomic E-state index is 11.8. The number of hydrogen-bond donors (Lipinski definition) is 1. The summed E-state index contributed by atoms with van der Waals surface area (Å²) in [5.41, 5.74) is 0.497. The number of nitrogens with one attached hydrogen (secondary N) is 1. The predicted molar refractivity (Wildman–Crippen MR) is 73.5 cm³/mol. The van der Waals surface area contributed by atoms with Crippen molar-refractivity contribution in [2.75, 3.05) is 25.5 Å². The van der Waals surface area contributed by atoms with Crippen molar-refractivity contribution in [2.45, 2.75) is 19.3 Å². The van der Waals surface area contributed by atoms with Gasteiger partial charge in [-0.25, -0.2) is 4.79 Å². The normalized spacial score (nSPS) is 15.9. The van der Waals surface area contributed by atoms with E-state index in [2.05, 4.69) is 5.32 Å². The van der Waals surface area contributed by atoms with Crippen molar-refractivity contribution >= 4 is 23.4 Å². The molecule has 0 unspecified atom stereocenters. The van der Waals surface area contributed by atoms with E-state index in [0.29, 0.717) is 16.5 Å². The van der Waals surface area contributed by atoms with Gasteiger partial charge in [-0.15, -0.1) is 5.06 Å². The highest BCUT2D eigenvalue weighted by molar-refractivity contribution is 6.31. The smallest absolute Gasteiger partial charge is 0.430 e. The monoisotopic (exact) mass is 284 g/mol. The van der Waals surface area contributed by atoms with E-state index >= 15 is 0 Å². The molecule has 6 heteroatoms. The zero-order valence-electron chi connectivity index (χ0n) is 10.8. The second-order valence-corrected chi connectivity index (χ2v) is 4.77. The van der Waals surface area contributed by atoms with Gasteiger partial charge >= 0.3 is 6.09 Å². The molecule has 1 aliphatic heterocycles. The molecule has 1 saturated heterocycles. The number of methoxy groups -OCH3 is 1. The minimum Gasteiger partial charge on any atom is -0.495 e. The van der Waals surface area contributed by atoms with Crippen LogP contribution in [0.5, 0.6) is 5.75 Å². The lowest BCUT2D eigenvalue weighted by atomic mass is 10.2. The van der Waals surface area contributed by atoms with E-state index in [0.717, 1.165) is 25.9 Å². The first-order chi connectivity index (χ1) is 9.19. The number of rotatable bonds is 3. The summed E-state index contributed by atoms with van der Waals surface area (Å²) in [6.07, 6.45) is 2.76. The van der Waals surface area contributed by atoms with Crippen LogP contribution < -0.4 is 10.1 Å². The van der Waals surface area contributed by atoms with Gasteiger partial charge in [-0.3, -0.25) is 5.32 Å². The number of anilines is 1. The van der Waals surface area contributed by atoms with Gasteiger partial charge in [0.15, 0.2) is 0 Å². The van der Waals surface area contributed by atoms with Crippen molar-refractivity contribution in [1.82, 2.24) is 5.06 Å². The zero-order valence-corrected chi connectivity index (χ0v) is 11.6. The molecule has 1 N–H and O–H groups in total. The van der Waals surface area contributed by atoms with Crippen LogP contribution in [-0.2, 0) is 4.84 Å². The van der Waals surface area contributed by atoms with Crippen LogP contribution in [0.4, 0.5) is 10.5 Å². The number of benzene rings is 1. The standard InChI is InChI=1S/C13H17ClN2O3/c1-18-12-6-5-10(14)9-11(12)15-13(17)19-16-7-3-2-4-8-16/h5-6,9H,2-4,7-8H2,1H3,(H,15,17). The summed E-state index contributed by atoms with van der Waals surface area (Å²) >= 11 is 5.89. The largest absolute Gasteiger partial charge is 0.495 e. The minimum atomic E-state index is -0.525. The van der Waals surface area contributed by atoms with Crippen LogP contribution in [0.2, 0.25) is 5.02 Å². The van der Waals surface area contributed by atoms with Gasteiger partial charge in [0.2, 0.25) is 0 Å². The third-order valence-electron chi connectivity index (χ3n) is 2.93. The summed E-state index contributed by atoms with van der Waals surface area (Å²) in [4.78, 5) is 17.0. The Balaban J connectivity index is 1.95. The highest BCUT2D eigenvalue weighted by Gasteiger charge is 2.16. The molecule has 19 heavy (non-hydrogen) atoms. The second-order valence-electron chi connectivity index (χ2n) is 4.34. The summed E-state index contributed by atoms with van der Waals surface area (Å²) in [5.74, 6) is 0.542. The minimum absolute atomic E-state index is 0.497. The lowest BCUT2D eigenvalue weighted by Gasteiger charge is -2.24. The van der Waals surface area contributed by atoms with Gasteiger partial charge in [0.1, 0.15) is 5.75 Å². The van der Waals surface area contributed by atoms with Gasteiger partial charge in [-0.1, -0.05) is 18.0 Å². The fourth-order valence-corrected chi connectivity index (χ4v) is 2.16. The van der Waals surface area contributed by atoms with Crippen LogP contribution in [0.25, 0.3) is 0 Å². The van der Waals surface area contributed by atoms with E-state index in [-0.39, 0.29) is 0 Å². The molecule has 1 aliphatic rings. The molecule has 0 aromatic heterocycles. The van der Waals surface area contributed by atoms with E-state index in [4.69, 9.17) is 21.2 Å². The Morgan fingerprint density at radius 3 is 2.74 bits per heavy atom. The molecule has 0 bridgehead atoms. The number of carbonyl (C=O) groups excluding carboxylic acids is 1. The van der Waals surface area contributed by atoms with Gasteiger partial charge in [0.05, 0.1) is 12.8 Å². The molecule has 0 aliphatic carbocycles. The van der Waals surface area contributed by atoms with E-state index in [1.54, 1.807) is 23.3 Å². The first-order valence-corrected chi connectivity index (χ1v) is 6.64. The summed E-state index contributed by atoms with van der Waals surface area (Å²) in [7, 11) is 1.53. The van der Waals surface area contributed by atoms with Gasteiger partial charge in [-0.2, -0.15) is 0 Å². The van der Waals surface area contributed by atoms with Gasteiger partial charge in [-0.05, 0) is 31.0 Å². The number of ether oxygens (including phenoxy) is 1. The summed E-state index contributed by atoms with van der Waals surface area (Å²) in [5, 5.41) is 4.84. The van der Waals surface area contributed by atoms with Crippen LogP contribution in [0.3, 0.4) is 0 Å². The Bertz CT molecular complexity index is 448. The van der Waals surface area contributed by atoms with Crippen molar-refractivity contribution < 1.29 is 14.4 Å². The zero-order chi connectivity index (χ0) is 13.7. The van der Waals surface area contributed by atoms with E-state index in [9.17, 15) is 4.79 Å². The Kier molecular flexibility index (Phi) is 4.87. The van der Waals surface area contributed by atoms with E-state index in [1.165, 1.54) is 13.5 Å². The van der Waals surface area contributed by atoms with Crippen molar-refractivity contribution in [3.05, 3.63) is 23.2 Å². The first-order valence-electron chi connectivity index (χ1n) is 6.26. The maximum absolute atomic E-state index is 11.8. The van der Waals surface area contributed by atoms with Crippen molar-refractivity contribution in [3.63, 3.8) is 0 Å². The molecule has 1 heterocycles. The average Bonchev–Trinajstić information content (AvgIpc) is 2.40. The summed E-state index contributed by atoms with van der Waals surface area (Å²) < 4.78 is 5.15. The summed E-state index contributed by atoms with van der Waals surface area (Å²) in [6, 6.07) is 5.01. The van der Waals surface area contributed by atoms with Crippen LogP contribution in [-0.4, -0.2) is 31.4 Å². The average molecular weight is 285 g/mol. The van der Waals surface area contributed by atoms with Crippen molar-refractivity contribution in [2.24, 2.45) is 0 Å². The Labute approximate surface area is 117 Å². The SMILES string of the molecule is COc1ccc(Cl)cc1NC(=O)ON1CCCCC1. The number of hydroxylamine groups is 2. The van der Waals surface area contributed by atoms with E-state index < -0.39 is 6.09 Å². The molecule has 0 spiro atoms. The van der Waals surface area contributed by atoms with Gasteiger partial charge < -0.3 is 9.57 Å². The van der Waals surface area contributed by atoms with Crippen LogP contribution in [0.1, 0.15) is 19.3 Å². The van der Waals surface area contributed by atoms with Crippen LogP contribution in [0, 0.1) is 0 Å². The second kappa shape index (κ2) is 6.63. The lowest BCUT2D eigenvalue weighted by molar-refractivity contribution is -0.105. The van der Waals surface area contributed by atoms with E-state index in [1.807, 2.05) is 0 Å². The van der Waals surface area contributed by atoms with Gasteiger partial charge in [0, 0.05) is 18.1 Å². The molecule has 1 aromatic carbocycles. The van der Waals surface area contributed by atoms with Crippen LogP contribution >= 0.6 is 11.6 Å². The van der Waals surface area contributed by atoms with Gasteiger partial charge in [0.25, 0.3) is 0 Å². The summed E-state index contributed by atoms with van der Waals surface area (Å²) in [6.45, 7) is 1.56. The highest BCUT2D eigenvalue weighted by Crippen LogP contribution is 2.27. The van der Waals surface area contributed by atoms with Crippen LogP contribution in [0.15, 0.2) is 18.2 Å². The number of piperidine rings is 1. The topological polar surface area (TPSA) is 50.8 Å². The molecule has 1 amide bonds. The Morgan fingerprint density at radius 2 is 2.05 bits per heavy atom. The molecule has 0 radical (unpaired) electrons. The maximum Gasteiger partial charge on any atom is 0.430 e. The lowest BCUT2D eigenvalue weighted by Crippen LogP contribution is -2.34. The number of halogens is 1. The number of hydrogen-bond acceptors (Lipinski definition) is 4. The quantitative estimate of drug-likeness (QED) is 0.925. The predicted octanol–water partition coefficient (Wildman–Crippen LogP) is 3.30. The third kappa shape index (κ3) is 4.01. The molecular formula is C13H17ClN2O3. The van der Waals surface area contributed by atoms with Crippen molar-refractivity contribution in [1.29, 1.82) is 0 Å². The molecule has 2 rings (SSSR count). The molecule has 0 atom stereocenters. The first kappa shape index (κ1) is 14.0. The Hall–Kier alpha value is -1.46. The Morgan fingerprint density at radius 1 is 1.32 bits per heavy atom. The molecular weight excluding hydrogens is 268 g/mol. The van der Waals surface area contributed by atoms with Crippen molar-refractivity contribution in [3.8, 4) is 5.75 Å². The fourth-order valence-electron chi connectivity index (χ4n) is 1.98. The molecule has 1 aromatic rings. The highest BCUT2D eigenvalue weighted by atomic mass is 35.5. The molecule has 5 nitrogen and oxygen atoms in total. The number of carbonyl (C=O) groups is 1. The fraction of sp³-hybridized carbons (Fsp3) is 0.462. The third-order valence-corrected chi connectivity index (χ3v) is 3.16. The number of nitrogens with zero attached hydrogens (tertiary/aromatic N) is 1.